The zero-order valence-electron chi connectivity index (χ0n) is 11.8. The van der Waals surface area contributed by atoms with E-state index in [2.05, 4.69) is 20.2 Å². The zero-order chi connectivity index (χ0) is 15.8. The molecule has 1 aromatic heterocycles. The van der Waals surface area contributed by atoms with Crippen molar-refractivity contribution in [1.29, 1.82) is 0 Å². The van der Waals surface area contributed by atoms with Crippen LogP contribution in [0.3, 0.4) is 0 Å². The number of pyridine rings is 1. The molecule has 1 aliphatic heterocycles. The van der Waals surface area contributed by atoms with Crippen molar-refractivity contribution in [3.8, 4) is 0 Å². The van der Waals surface area contributed by atoms with Crippen molar-refractivity contribution >= 4 is 22.3 Å². The number of morpholine rings is 1. The summed E-state index contributed by atoms with van der Waals surface area (Å²) in [6.45, 7) is 0.869. The molecule has 10 heteroatoms. The van der Waals surface area contributed by atoms with Crippen molar-refractivity contribution in [2.24, 2.45) is 5.10 Å². The Morgan fingerprint density at radius 2 is 2.05 bits per heavy atom. The Kier molecular flexibility index (Phi) is 5.95. The molecule has 120 valence electrons. The van der Waals surface area contributed by atoms with Crippen LogP contribution in [0.1, 0.15) is 5.56 Å². The minimum atomic E-state index is -3.67. The highest BCUT2D eigenvalue weighted by Gasteiger charge is 2.24. The first-order chi connectivity index (χ1) is 10.6. The fourth-order valence-corrected chi connectivity index (χ4v) is 2.83. The lowest BCUT2D eigenvalue weighted by Gasteiger charge is -2.25. The quantitative estimate of drug-likeness (QED) is 0.498. The molecule has 2 heterocycles. The Hall–Kier alpha value is -1.88. The summed E-state index contributed by atoms with van der Waals surface area (Å²) in [6.07, 6.45) is 4.63. The number of aromatic nitrogens is 1. The molecule has 9 nitrogen and oxygen atoms in total. The number of hydrogen-bond donors (Lipinski definition) is 2. The van der Waals surface area contributed by atoms with Crippen molar-refractivity contribution < 1.29 is 17.9 Å². The molecule has 0 atom stereocenters. The summed E-state index contributed by atoms with van der Waals surface area (Å²) in [7, 11) is -3.67. The predicted molar refractivity (Wildman–Crippen MR) is 79.3 cm³/mol. The van der Waals surface area contributed by atoms with E-state index in [-0.39, 0.29) is 19.6 Å². The van der Waals surface area contributed by atoms with E-state index in [9.17, 15) is 13.2 Å². The average Bonchev–Trinajstić information content (AvgIpc) is 2.55. The van der Waals surface area contributed by atoms with Crippen LogP contribution in [0.2, 0.25) is 0 Å². The lowest BCUT2D eigenvalue weighted by atomic mass is 10.3. The van der Waals surface area contributed by atoms with E-state index in [4.69, 9.17) is 4.74 Å². The van der Waals surface area contributed by atoms with Crippen LogP contribution in [0, 0.1) is 0 Å². The number of carbonyl (C=O) groups is 1. The van der Waals surface area contributed by atoms with Crippen LogP contribution in [0.4, 0.5) is 0 Å². The Balaban J connectivity index is 1.76. The number of hydrogen-bond acceptors (Lipinski definition) is 6. The van der Waals surface area contributed by atoms with Gasteiger partial charge < -0.3 is 4.74 Å². The Morgan fingerprint density at radius 1 is 1.36 bits per heavy atom. The minimum Gasteiger partial charge on any atom is -0.379 e. The average molecular weight is 327 g/mol. The van der Waals surface area contributed by atoms with Gasteiger partial charge in [-0.25, -0.2) is 5.43 Å². The Labute approximate surface area is 128 Å². The van der Waals surface area contributed by atoms with E-state index in [1.807, 2.05) is 0 Å². The fourth-order valence-electron chi connectivity index (χ4n) is 1.70. The lowest BCUT2D eigenvalue weighted by molar-refractivity contribution is -0.119. The van der Waals surface area contributed by atoms with Gasteiger partial charge in [-0.2, -0.15) is 22.5 Å². The number of carbonyl (C=O) groups excluding carboxylic acids is 1. The summed E-state index contributed by atoms with van der Waals surface area (Å²) in [5, 5.41) is 3.73. The standard InChI is InChI=1S/C12H17N5O4S/c18-12(16-14-9-11-1-3-13-4-2-11)10-15-22(19,20)17-5-7-21-8-6-17/h1-4,9,15H,5-8,10H2,(H,16,18)/b14-9-. The number of nitrogens with one attached hydrogen (secondary N) is 2. The maximum atomic E-state index is 11.9. The van der Waals surface area contributed by atoms with Crippen LogP contribution in [0.5, 0.6) is 0 Å². The van der Waals surface area contributed by atoms with Crippen molar-refractivity contribution in [2.75, 3.05) is 32.8 Å². The molecule has 1 aromatic rings. The number of amides is 1. The molecule has 0 radical (unpaired) electrons. The zero-order valence-corrected chi connectivity index (χ0v) is 12.6. The minimum absolute atomic E-state index is 0.275. The van der Waals surface area contributed by atoms with E-state index < -0.39 is 16.1 Å². The molecule has 0 unspecified atom stereocenters. The number of rotatable bonds is 6. The molecule has 2 N–H and O–H groups in total. The molecule has 1 saturated heterocycles. The maximum absolute atomic E-state index is 11.9. The molecule has 0 saturated carbocycles. The normalized spacial score (nSPS) is 16.7. The molecule has 0 spiro atoms. The van der Waals surface area contributed by atoms with Crippen molar-refractivity contribution in [2.45, 2.75) is 0 Å². The maximum Gasteiger partial charge on any atom is 0.280 e. The second-order valence-corrected chi connectivity index (χ2v) is 6.17. The third-order valence-electron chi connectivity index (χ3n) is 2.83. The first kappa shape index (κ1) is 16.5. The molecule has 0 aromatic carbocycles. The first-order valence-electron chi connectivity index (χ1n) is 6.62. The summed E-state index contributed by atoms with van der Waals surface area (Å²) in [4.78, 5) is 15.4. The highest BCUT2D eigenvalue weighted by molar-refractivity contribution is 7.87. The molecule has 2 rings (SSSR count). The molecule has 1 fully saturated rings. The van der Waals surface area contributed by atoms with Gasteiger partial charge in [-0.15, -0.1) is 0 Å². The van der Waals surface area contributed by atoms with Gasteiger partial charge in [0.2, 0.25) is 0 Å². The van der Waals surface area contributed by atoms with E-state index in [1.54, 1.807) is 24.5 Å². The highest BCUT2D eigenvalue weighted by Crippen LogP contribution is 2.02. The van der Waals surface area contributed by atoms with E-state index in [0.717, 1.165) is 5.56 Å². The summed E-state index contributed by atoms with van der Waals surface area (Å²) < 4.78 is 32.4. The van der Waals surface area contributed by atoms with Gasteiger partial charge in [0.25, 0.3) is 16.1 Å². The van der Waals surface area contributed by atoms with Gasteiger partial charge in [0, 0.05) is 25.5 Å². The largest absolute Gasteiger partial charge is 0.379 e. The van der Waals surface area contributed by atoms with Gasteiger partial charge in [0.15, 0.2) is 0 Å². The topological polar surface area (TPSA) is 113 Å². The number of nitrogens with zero attached hydrogens (tertiary/aromatic N) is 3. The third kappa shape index (κ3) is 5.15. The molecule has 0 bridgehead atoms. The predicted octanol–water partition coefficient (Wildman–Crippen LogP) is -1.30. The van der Waals surface area contributed by atoms with E-state index in [1.165, 1.54) is 10.5 Å². The SMILES string of the molecule is O=C(CNS(=O)(=O)N1CCOCC1)N/N=C\c1ccncc1. The summed E-state index contributed by atoms with van der Waals surface area (Å²) in [6, 6.07) is 3.44. The van der Waals surface area contributed by atoms with Crippen LogP contribution < -0.4 is 10.1 Å². The third-order valence-corrected chi connectivity index (χ3v) is 4.39. The van der Waals surface area contributed by atoms with Crippen LogP contribution in [-0.2, 0) is 19.7 Å². The summed E-state index contributed by atoms with van der Waals surface area (Å²) >= 11 is 0. The molecular weight excluding hydrogens is 310 g/mol. The molecule has 0 aliphatic carbocycles. The summed E-state index contributed by atoms with van der Waals surface area (Å²) in [5.74, 6) is -0.554. The smallest absolute Gasteiger partial charge is 0.280 e. The van der Waals surface area contributed by atoms with Crippen molar-refractivity contribution in [3.05, 3.63) is 30.1 Å². The molecule has 22 heavy (non-hydrogen) atoms. The van der Waals surface area contributed by atoms with Gasteiger partial charge in [0.05, 0.1) is 26.0 Å². The van der Waals surface area contributed by atoms with Crippen LogP contribution in [-0.4, -0.2) is 62.7 Å². The highest BCUT2D eigenvalue weighted by atomic mass is 32.2. The second-order valence-electron chi connectivity index (χ2n) is 4.41. The van der Waals surface area contributed by atoms with Crippen molar-refractivity contribution in [1.82, 2.24) is 19.4 Å². The fraction of sp³-hybridized carbons (Fsp3) is 0.417. The first-order valence-corrected chi connectivity index (χ1v) is 8.06. The van der Waals surface area contributed by atoms with Gasteiger partial charge in [-0.05, 0) is 17.7 Å². The van der Waals surface area contributed by atoms with Gasteiger partial charge in [0.1, 0.15) is 0 Å². The van der Waals surface area contributed by atoms with Crippen LogP contribution in [0.25, 0.3) is 0 Å². The van der Waals surface area contributed by atoms with Gasteiger partial charge >= 0.3 is 0 Å². The van der Waals surface area contributed by atoms with Gasteiger partial charge in [-0.1, -0.05) is 0 Å². The summed E-state index contributed by atoms with van der Waals surface area (Å²) in [5.41, 5.74) is 3.01. The lowest BCUT2D eigenvalue weighted by Crippen LogP contribution is -2.48. The van der Waals surface area contributed by atoms with Crippen LogP contribution in [0.15, 0.2) is 29.6 Å². The number of hydrazone groups is 1. The molecular formula is C12H17N5O4S. The number of ether oxygens (including phenoxy) is 1. The van der Waals surface area contributed by atoms with E-state index in [0.29, 0.717) is 13.2 Å². The van der Waals surface area contributed by atoms with E-state index >= 15 is 0 Å². The monoisotopic (exact) mass is 327 g/mol. The molecule has 1 amide bonds. The van der Waals surface area contributed by atoms with Gasteiger partial charge in [-0.3, -0.25) is 9.78 Å². The van der Waals surface area contributed by atoms with Crippen LogP contribution >= 0.6 is 0 Å². The second kappa shape index (κ2) is 7.94. The Bertz CT molecular complexity index is 614. The molecule has 1 aliphatic rings. The van der Waals surface area contributed by atoms with Crippen molar-refractivity contribution in [3.63, 3.8) is 0 Å². The Morgan fingerprint density at radius 3 is 2.73 bits per heavy atom.